The molecule has 170 valence electrons. The normalized spacial score (nSPS) is 23.0. The van der Waals surface area contributed by atoms with Gasteiger partial charge < -0.3 is 16.0 Å². The van der Waals surface area contributed by atoms with Gasteiger partial charge in [0.1, 0.15) is 5.69 Å². The van der Waals surface area contributed by atoms with Crippen molar-refractivity contribution in [3.63, 3.8) is 0 Å². The van der Waals surface area contributed by atoms with Crippen molar-refractivity contribution in [2.24, 2.45) is 5.73 Å². The molecule has 0 aliphatic heterocycles. The Kier molecular flexibility index (Phi) is 5.48. The van der Waals surface area contributed by atoms with Gasteiger partial charge in [-0.3, -0.25) is 10.1 Å². The summed E-state index contributed by atoms with van der Waals surface area (Å²) < 4.78 is 0. The largest absolute Gasteiger partial charge is 0.353 e. The average molecular weight is 441 g/mol. The van der Waals surface area contributed by atoms with E-state index < -0.39 is 0 Å². The van der Waals surface area contributed by atoms with Crippen LogP contribution in [-0.2, 0) is 19.4 Å². The molecule has 0 radical (unpaired) electrons. The number of hydrogen-bond acceptors (Lipinski definition) is 4. The minimum absolute atomic E-state index is 0.394. The van der Waals surface area contributed by atoms with Gasteiger partial charge in [-0.15, -0.1) is 0 Å². The lowest BCUT2D eigenvalue weighted by atomic mass is 9.82. The van der Waals surface area contributed by atoms with E-state index in [2.05, 4.69) is 50.7 Å². The molecule has 5 N–H and O–H groups in total. The number of aromatic nitrogens is 4. The molecule has 4 aromatic rings. The number of aromatic amines is 2. The Labute approximate surface area is 194 Å². The molecule has 1 aromatic carbocycles. The quantitative estimate of drug-likeness (QED) is 0.365. The molecule has 2 aliphatic carbocycles. The Hall–Kier alpha value is -2.96. The summed E-state index contributed by atoms with van der Waals surface area (Å²) in [5.41, 5.74) is 14.6. The number of nitrogens with zero attached hydrogens (tertiary/aromatic N) is 2. The molecule has 6 rings (SSSR count). The molecule has 6 nitrogen and oxygen atoms in total. The molecule has 1 fully saturated rings. The van der Waals surface area contributed by atoms with Crippen LogP contribution in [0.5, 0.6) is 0 Å². The van der Waals surface area contributed by atoms with E-state index in [4.69, 9.17) is 10.8 Å². The van der Waals surface area contributed by atoms with Gasteiger partial charge in [0.2, 0.25) is 0 Å². The highest BCUT2D eigenvalue weighted by molar-refractivity contribution is 5.86. The fourth-order valence-electron chi connectivity index (χ4n) is 5.62. The van der Waals surface area contributed by atoms with Gasteiger partial charge in [-0.25, -0.2) is 0 Å². The molecule has 3 aromatic heterocycles. The van der Waals surface area contributed by atoms with E-state index in [9.17, 15) is 0 Å². The maximum Gasteiger partial charge on any atom is 0.112 e. The van der Waals surface area contributed by atoms with Crippen molar-refractivity contribution in [3.05, 3.63) is 71.2 Å². The van der Waals surface area contributed by atoms with Gasteiger partial charge in [0.25, 0.3) is 0 Å². The van der Waals surface area contributed by atoms with E-state index in [1.54, 1.807) is 0 Å². The van der Waals surface area contributed by atoms with Crippen LogP contribution in [0.25, 0.3) is 22.3 Å². The Morgan fingerprint density at radius 2 is 1.97 bits per heavy atom. The van der Waals surface area contributed by atoms with Gasteiger partial charge in [0.15, 0.2) is 0 Å². The van der Waals surface area contributed by atoms with Crippen LogP contribution >= 0.6 is 0 Å². The van der Waals surface area contributed by atoms with Gasteiger partial charge in [0.05, 0.1) is 5.69 Å². The van der Waals surface area contributed by atoms with Gasteiger partial charge >= 0.3 is 0 Å². The van der Waals surface area contributed by atoms with Gasteiger partial charge in [-0.2, -0.15) is 5.10 Å². The van der Waals surface area contributed by atoms with Crippen molar-refractivity contribution in [1.82, 2.24) is 25.5 Å². The van der Waals surface area contributed by atoms with Gasteiger partial charge in [0, 0.05) is 53.2 Å². The third-order valence-electron chi connectivity index (χ3n) is 7.61. The first-order valence-electron chi connectivity index (χ1n) is 12.3. The number of pyridine rings is 1. The molecular formula is C27H32N6. The third kappa shape index (κ3) is 4.21. The van der Waals surface area contributed by atoms with Crippen LogP contribution in [-0.4, -0.2) is 32.2 Å². The molecule has 0 saturated heterocycles. The first-order chi connectivity index (χ1) is 16.2. The molecule has 3 heterocycles. The van der Waals surface area contributed by atoms with Crippen molar-refractivity contribution in [2.45, 2.75) is 69.5 Å². The lowest BCUT2D eigenvalue weighted by molar-refractivity contribution is 0.342. The first kappa shape index (κ1) is 20.6. The number of fused-ring (bicyclic) bond motifs is 2. The second-order valence-corrected chi connectivity index (χ2v) is 9.85. The van der Waals surface area contributed by atoms with Crippen molar-refractivity contribution in [2.75, 3.05) is 0 Å². The lowest BCUT2D eigenvalue weighted by Crippen LogP contribution is -2.36. The van der Waals surface area contributed by atoms with Crippen molar-refractivity contribution in [1.29, 1.82) is 0 Å². The van der Waals surface area contributed by atoms with E-state index in [1.807, 2.05) is 18.5 Å². The molecule has 1 unspecified atom stereocenters. The Bertz CT molecular complexity index is 1230. The summed E-state index contributed by atoms with van der Waals surface area (Å²) in [5, 5.41) is 13.0. The fraction of sp³-hybridized carbons (Fsp3) is 0.407. The third-order valence-corrected chi connectivity index (χ3v) is 7.61. The van der Waals surface area contributed by atoms with E-state index in [0.29, 0.717) is 18.0 Å². The van der Waals surface area contributed by atoms with Crippen molar-refractivity contribution in [3.8, 4) is 11.4 Å². The minimum Gasteiger partial charge on any atom is -0.353 e. The Morgan fingerprint density at radius 1 is 1.06 bits per heavy atom. The molecule has 1 saturated carbocycles. The van der Waals surface area contributed by atoms with Crippen LogP contribution < -0.4 is 11.1 Å². The molecule has 33 heavy (non-hydrogen) atoms. The lowest BCUT2D eigenvalue weighted by Gasteiger charge is -2.27. The zero-order valence-corrected chi connectivity index (χ0v) is 19.0. The monoisotopic (exact) mass is 440 g/mol. The first-order valence-corrected chi connectivity index (χ1v) is 12.3. The molecule has 1 atom stereocenters. The van der Waals surface area contributed by atoms with Gasteiger partial charge in [-0.1, -0.05) is 12.1 Å². The zero-order valence-electron chi connectivity index (χ0n) is 19.0. The predicted octanol–water partition coefficient (Wildman–Crippen LogP) is 4.59. The van der Waals surface area contributed by atoms with Gasteiger partial charge in [-0.05, 0) is 86.3 Å². The fourth-order valence-corrected chi connectivity index (χ4v) is 5.62. The van der Waals surface area contributed by atoms with E-state index >= 15 is 0 Å². The molecule has 0 spiro atoms. The summed E-state index contributed by atoms with van der Waals surface area (Å²) in [7, 11) is 0. The van der Waals surface area contributed by atoms with Crippen molar-refractivity contribution < 1.29 is 0 Å². The molecule has 0 amide bonds. The second kappa shape index (κ2) is 8.76. The SMILES string of the molecule is NC1CCC(NCc2ccc3[nH]c(-c4n[nH]c5c4CC(c4cccnc4)CC5)cc3c2)CC1. The Balaban J connectivity index is 1.21. The Morgan fingerprint density at radius 3 is 2.82 bits per heavy atom. The van der Waals surface area contributed by atoms with Crippen LogP contribution in [0.1, 0.15) is 60.4 Å². The summed E-state index contributed by atoms with van der Waals surface area (Å²) in [5.74, 6) is 0.499. The maximum atomic E-state index is 6.05. The van der Waals surface area contributed by atoms with E-state index in [0.717, 1.165) is 55.6 Å². The number of nitrogens with two attached hydrogens (primary N) is 1. The summed E-state index contributed by atoms with van der Waals surface area (Å²) >= 11 is 0. The topological polar surface area (TPSA) is 95.4 Å². The summed E-state index contributed by atoms with van der Waals surface area (Å²) in [6.07, 6.45) is 11.7. The van der Waals surface area contributed by atoms with Crippen LogP contribution in [0.4, 0.5) is 0 Å². The highest BCUT2D eigenvalue weighted by Gasteiger charge is 2.26. The molecule has 0 bridgehead atoms. The molecule has 6 heteroatoms. The average Bonchev–Trinajstić information content (AvgIpc) is 3.47. The van der Waals surface area contributed by atoms with Crippen LogP contribution in [0.3, 0.4) is 0 Å². The van der Waals surface area contributed by atoms with E-state index in [-0.39, 0.29) is 0 Å². The maximum absolute atomic E-state index is 6.05. The number of hydrogen-bond donors (Lipinski definition) is 4. The standard InChI is InChI=1S/C27H32N6/c28-21-5-7-22(8-6-21)30-15-17-3-9-24-20(12-17)14-26(31-24)27-23-13-18(4-10-25(23)32-33-27)19-2-1-11-29-16-19/h1-3,9,11-12,14,16,18,21-22,30-31H,4-8,10,13,15,28H2,(H,32,33). The predicted molar refractivity (Wildman–Crippen MR) is 132 cm³/mol. The number of H-pyrrole nitrogens is 2. The number of aryl methyl sites for hydroxylation is 1. The summed E-state index contributed by atoms with van der Waals surface area (Å²) in [6, 6.07) is 14.2. The minimum atomic E-state index is 0.394. The van der Waals surface area contributed by atoms with Crippen molar-refractivity contribution >= 4 is 10.9 Å². The smallest absolute Gasteiger partial charge is 0.112 e. The number of rotatable bonds is 5. The van der Waals surface area contributed by atoms with E-state index in [1.165, 1.54) is 40.6 Å². The summed E-state index contributed by atoms with van der Waals surface area (Å²) in [6.45, 7) is 0.904. The number of nitrogens with one attached hydrogen (secondary N) is 3. The molecule has 2 aliphatic rings. The number of benzene rings is 1. The van der Waals surface area contributed by atoms with Crippen LogP contribution in [0, 0.1) is 0 Å². The highest BCUT2D eigenvalue weighted by Crippen LogP contribution is 2.37. The molecular weight excluding hydrogens is 408 g/mol. The summed E-state index contributed by atoms with van der Waals surface area (Å²) in [4.78, 5) is 7.94. The zero-order chi connectivity index (χ0) is 22.2. The van der Waals surface area contributed by atoms with Crippen LogP contribution in [0.15, 0.2) is 48.8 Å². The van der Waals surface area contributed by atoms with Crippen LogP contribution in [0.2, 0.25) is 0 Å². The second-order valence-electron chi connectivity index (χ2n) is 9.85. The highest BCUT2D eigenvalue weighted by atomic mass is 15.1.